The Kier molecular flexibility index (Phi) is 2.24. The molecule has 1 aromatic heterocycles. The van der Waals surface area contributed by atoms with E-state index in [4.69, 9.17) is 0 Å². The molecule has 0 saturated heterocycles. The Hall–Kier alpha value is -1.24. The number of benzene rings is 1. The molecular formula is C14H17N. The zero-order valence-electron chi connectivity index (χ0n) is 9.02. The van der Waals surface area contributed by atoms with Crippen LogP contribution >= 0.6 is 0 Å². The van der Waals surface area contributed by atoms with Crippen LogP contribution in [0, 0.1) is 0 Å². The van der Waals surface area contributed by atoms with E-state index in [1.165, 1.54) is 42.9 Å². The predicted molar refractivity (Wildman–Crippen MR) is 64.1 cm³/mol. The molecule has 1 saturated carbocycles. The third kappa shape index (κ3) is 1.67. The first-order chi connectivity index (χ1) is 7.43. The number of aromatic nitrogens is 1. The molecule has 1 fully saturated rings. The fraction of sp³-hybridized carbons (Fsp3) is 0.429. The van der Waals surface area contributed by atoms with Crippen molar-refractivity contribution in [1.29, 1.82) is 0 Å². The molecule has 15 heavy (non-hydrogen) atoms. The summed E-state index contributed by atoms with van der Waals surface area (Å²) in [7, 11) is 0. The lowest BCUT2D eigenvalue weighted by molar-refractivity contribution is 0.355. The second-order valence-electron chi connectivity index (χ2n) is 4.63. The molecule has 0 radical (unpaired) electrons. The van der Waals surface area contributed by atoms with Gasteiger partial charge in [-0.25, -0.2) is 0 Å². The average Bonchev–Trinajstić information content (AvgIpc) is 2.74. The number of hydrogen-bond donors (Lipinski definition) is 0. The molecule has 1 heterocycles. The van der Waals surface area contributed by atoms with E-state index in [0.29, 0.717) is 0 Å². The molecule has 1 nitrogen and oxygen atoms in total. The van der Waals surface area contributed by atoms with Crippen molar-refractivity contribution >= 4 is 10.8 Å². The standard InChI is InChI=1S/C14H17N/c1-2-8-14(9-3-1)15-10-12-6-4-5-7-13(12)11-15/h4-7,10-11,14H,1-3,8-9H2. The summed E-state index contributed by atoms with van der Waals surface area (Å²) in [5, 5.41) is 2.76. The van der Waals surface area contributed by atoms with Crippen molar-refractivity contribution in [3.8, 4) is 0 Å². The highest BCUT2D eigenvalue weighted by Gasteiger charge is 2.14. The van der Waals surface area contributed by atoms with Crippen molar-refractivity contribution in [2.24, 2.45) is 0 Å². The van der Waals surface area contributed by atoms with Crippen molar-refractivity contribution in [3.05, 3.63) is 36.7 Å². The highest BCUT2D eigenvalue weighted by atomic mass is 15.0. The average molecular weight is 199 g/mol. The predicted octanol–water partition coefficient (Wildman–Crippen LogP) is 4.15. The van der Waals surface area contributed by atoms with Crippen LogP contribution in [-0.2, 0) is 0 Å². The molecule has 0 N–H and O–H groups in total. The Balaban J connectivity index is 1.96. The largest absolute Gasteiger partial charge is 0.350 e. The highest BCUT2D eigenvalue weighted by Crippen LogP contribution is 2.30. The molecule has 0 unspecified atom stereocenters. The van der Waals surface area contributed by atoms with Gasteiger partial charge < -0.3 is 4.57 Å². The second-order valence-corrected chi connectivity index (χ2v) is 4.63. The molecule has 2 aromatic rings. The minimum Gasteiger partial charge on any atom is -0.350 e. The molecule has 1 aliphatic rings. The number of fused-ring (bicyclic) bond motifs is 1. The maximum atomic E-state index is 2.43. The zero-order valence-corrected chi connectivity index (χ0v) is 9.02. The number of hydrogen-bond acceptors (Lipinski definition) is 0. The van der Waals surface area contributed by atoms with Crippen molar-refractivity contribution < 1.29 is 0 Å². The van der Waals surface area contributed by atoms with Crippen LogP contribution < -0.4 is 0 Å². The molecular weight excluding hydrogens is 182 g/mol. The lowest BCUT2D eigenvalue weighted by Crippen LogP contribution is -2.10. The number of nitrogens with zero attached hydrogens (tertiary/aromatic N) is 1. The van der Waals surface area contributed by atoms with Gasteiger partial charge in [-0.3, -0.25) is 0 Å². The van der Waals surface area contributed by atoms with Gasteiger partial charge in [0.15, 0.2) is 0 Å². The SMILES string of the molecule is c1ccc2cn(C3CCCCC3)cc2c1. The van der Waals surface area contributed by atoms with Crippen LogP contribution in [0.5, 0.6) is 0 Å². The normalized spacial score (nSPS) is 18.4. The van der Waals surface area contributed by atoms with Gasteiger partial charge in [0.05, 0.1) is 0 Å². The molecule has 0 spiro atoms. The summed E-state index contributed by atoms with van der Waals surface area (Å²) in [6.45, 7) is 0. The molecule has 78 valence electrons. The first-order valence-electron chi connectivity index (χ1n) is 6.00. The maximum Gasteiger partial charge on any atom is 0.0331 e. The molecule has 1 aliphatic carbocycles. The first kappa shape index (κ1) is 9.02. The minimum absolute atomic E-state index is 0.756. The fourth-order valence-corrected chi connectivity index (χ4v) is 2.69. The van der Waals surface area contributed by atoms with Gasteiger partial charge in [-0.1, -0.05) is 43.5 Å². The summed E-state index contributed by atoms with van der Waals surface area (Å²) in [6.07, 6.45) is 11.6. The van der Waals surface area contributed by atoms with Crippen LogP contribution in [-0.4, -0.2) is 4.57 Å². The Morgan fingerprint density at radius 1 is 0.867 bits per heavy atom. The third-order valence-electron chi connectivity index (χ3n) is 3.57. The Morgan fingerprint density at radius 2 is 1.47 bits per heavy atom. The van der Waals surface area contributed by atoms with Gasteiger partial charge in [0.1, 0.15) is 0 Å². The molecule has 0 amide bonds. The van der Waals surface area contributed by atoms with Gasteiger partial charge in [0.2, 0.25) is 0 Å². The summed E-state index contributed by atoms with van der Waals surface area (Å²) in [5.41, 5.74) is 0. The van der Waals surface area contributed by atoms with Gasteiger partial charge in [-0.2, -0.15) is 0 Å². The lowest BCUT2D eigenvalue weighted by Gasteiger charge is -2.23. The summed E-state index contributed by atoms with van der Waals surface area (Å²) in [4.78, 5) is 0. The maximum absolute atomic E-state index is 2.43. The van der Waals surface area contributed by atoms with Crippen molar-refractivity contribution in [1.82, 2.24) is 4.57 Å². The van der Waals surface area contributed by atoms with Gasteiger partial charge in [0.25, 0.3) is 0 Å². The van der Waals surface area contributed by atoms with E-state index in [-0.39, 0.29) is 0 Å². The smallest absolute Gasteiger partial charge is 0.0331 e. The summed E-state index contributed by atoms with van der Waals surface area (Å²) in [5.74, 6) is 0. The van der Waals surface area contributed by atoms with E-state index in [1.54, 1.807) is 0 Å². The van der Waals surface area contributed by atoms with Crippen LogP contribution in [0.3, 0.4) is 0 Å². The van der Waals surface area contributed by atoms with Crippen LogP contribution in [0.15, 0.2) is 36.7 Å². The monoisotopic (exact) mass is 199 g/mol. The molecule has 1 heteroatoms. The van der Waals surface area contributed by atoms with E-state index in [9.17, 15) is 0 Å². The topological polar surface area (TPSA) is 4.93 Å². The minimum atomic E-state index is 0.756. The van der Waals surface area contributed by atoms with Crippen LogP contribution in [0.1, 0.15) is 38.1 Å². The van der Waals surface area contributed by atoms with Gasteiger partial charge >= 0.3 is 0 Å². The highest BCUT2D eigenvalue weighted by molar-refractivity contribution is 5.82. The summed E-state index contributed by atoms with van der Waals surface area (Å²) >= 11 is 0. The Labute approximate surface area is 90.7 Å². The Morgan fingerprint density at radius 3 is 2.07 bits per heavy atom. The van der Waals surface area contributed by atoms with Gasteiger partial charge in [-0.15, -0.1) is 0 Å². The fourth-order valence-electron chi connectivity index (χ4n) is 2.69. The van der Waals surface area contributed by atoms with Crippen LogP contribution in [0.2, 0.25) is 0 Å². The van der Waals surface area contributed by atoms with E-state index in [2.05, 4.69) is 41.2 Å². The van der Waals surface area contributed by atoms with Gasteiger partial charge in [-0.05, 0) is 23.6 Å². The molecule has 0 aliphatic heterocycles. The summed E-state index contributed by atoms with van der Waals surface area (Å²) in [6, 6.07) is 9.40. The molecule has 0 bridgehead atoms. The van der Waals surface area contributed by atoms with Crippen LogP contribution in [0.4, 0.5) is 0 Å². The molecule has 0 atom stereocenters. The van der Waals surface area contributed by atoms with E-state index >= 15 is 0 Å². The van der Waals surface area contributed by atoms with E-state index in [1.807, 2.05) is 0 Å². The summed E-state index contributed by atoms with van der Waals surface area (Å²) < 4.78 is 2.43. The van der Waals surface area contributed by atoms with Crippen molar-refractivity contribution in [3.63, 3.8) is 0 Å². The number of rotatable bonds is 1. The third-order valence-corrected chi connectivity index (χ3v) is 3.57. The first-order valence-corrected chi connectivity index (χ1v) is 6.00. The molecule has 1 aromatic carbocycles. The van der Waals surface area contributed by atoms with Crippen molar-refractivity contribution in [2.45, 2.75) is 38.1 Å². The Bertz CT molecular complexity index is 416. The lowest BCUT2D eigenvalue weighted by atomic mass is 9.95. The van der Waals surface area contributed by atoms with E-state index in [0.717, 1.165) is 6.04 Å². The zero-order chi connectivity index (χ0) is 10.1. The second kappa shape index (κ2) is 3.73. The quantitative estimate of drug-likeness (QED) is 0.650. The van der Waals surface area contributed by atoms with Crippen LogP contribution in [0.25, 0.3) is 10.8 Å². The van der Waals surface area contributed by atoms with Crippen molar-refractivity contribution in [2.75, 3.05) is 0 Å². The van der Waals surface area contributed by atoms with E-state index < -0.39 is 0 Å². The van der Waals surface area contributed by atoms with Gasteiger partial charge in [0, 0.05) is 18.4 Å². The molecule has 3 rings (SSSR count).